The van der Waals surface area contributed by atoms with Crippen LogP contribution in [0.2, 0.25) is 0 Å². The average Bonchev–Trinajstić information content (AvgIpc) is 2.73. The Hall–Kier alpha value is -2.47. The van der Waals surface area contributed by atoms with Crippen molar-refractivity contribution in [1.82, 2.24) is 9.47 Å². The number of aromatic nitrogens is 1. The van der Waals surface area contributed by atoms with E-state index in [1.165, 1.54) is 25.4 Å². The van der Waals surface area contributed by atoms with Gasteiger partial charge in [-0.3, -0.25) is 14.6 Å². The van der Waals surface area contributed by atoms with E-state index in [1.807, 2.05) is 29.5 Å². The van der Waals surface area contributed by atoms with Crippen LogP contribution in [0.4, 0.5) is 4.39 Å². The number of aliphatic imine (C=N–C) groups is 1. The number of amides is 1. The van der Waals surface area contributed by atoms with Gasteiger partial charge in [-0.1, -0.05) is 6.07 Å². The Morgan fingerprint density at radius 2 is 2.19 bits per heavy atom. The zero-order valence-electron chi connectivity index (χ0n) is 17.1. The van der Waals surface area contributed by atoms with Gasteiger partial charge in [0.05, 0.1) is 32.4 Å². The summed E-state index contributed by atoms with van der Waals surface area (Å²) in [7, 11) is 1.35. The van der Waals surface area contributed by atoms with Crippen LogP contribution in [0.5, 0.6) is 5.75 Å². The Morgan fingerprint density at radius 1 is 1.42 bits per heavy atom. The van der Waals surface area contributed by atoms with E-state index in [9.17, 15) is 14.0 Å². The van der Waals surface area contributed by atoms with E-state index < -0.39 is 11.7 Å². The molecule has 0 radical (unpaired) electrons. The van der Waals surface area contributed by atoms with Gasteiger partial charge in [0.25, 0.3) is 5.91 Å². The molecule has 2 aliphatic rings. The molecule has 1 fully saturated rings. The second-order valence-corrected chi connectivity index (χ2v) is 8.68. The monoisotopic (exact) mass is 540 g/mol. The molecule has 3 heterocycles. The number of carbonyl (C=O) groups excluding carboxylic acids is 1. The molecule has 2 atom stereocenters. The number of fused-ring (bicyclic) bond motifs is 2. The van der Waals surface area contributed by atoms with E-state index in [0.717, 1.165) is 12.0 Å². The number of pyridine rings is 1. The van der Waals surface area contributed by atoms with Gasteiger partial charge in [0.2, 0.25) is 5.43 Å². The van der Waals surface area contributed by atoms with Crippen LogP contribution in [0.3, 0.4) is 0 Å². The Labute approximate surface area is 192 Å². The summed E-state index contributed by atoms with van der Waals surface area (Å²) >= 11 is 2.02. The van der Waals surface area contributed by atoms with Crippen molar-refractivity contribution in [3.05, 3.63) is 60.8 Å². The summed E-state index contributed by atoms with van der Waals surface area (Å²) in [6.07, 6.45) is 1.85. The zero-order chi connectivity index (χ0) is 22.3. The van der Waals surface area contributed by atoms with Crippen molar-refractivity contribution in [2.45, 2.75) is 38.7 Å². The van der Waals surface area contributed by atoms with Crippen LogP contribution in [-0.2, 0) is 17.8 Å². The predicted molar refractivity (Wildman–Crippen MR) is 121 cm³/mol. The van der Waals surface area contributed by atoms with Gasteiger partial charge in [-0.15, -0.1) is 0 Å². The Morgan fingerprint density at radius 3 is 2.90 bits per heavy atom. The van der Waals surface area contributed by atoms with Gasteiger partial charge in [-0.25, -0.2) is 4.39 Å². The third kappa shape index (κ3) is 3.93. The molecule has 31 heavy (non-hydrogen) atoms. The molecule has 0 aliphatic carbocycles. The van der Waals surface area contributed by atoms with Gasteiger partial charge in [0.15, 0.2) is 17.7 Å². The SMILES string of the molecule is COc1c2n(cc(C(N)=NCc3ccc(F)cc3I)c1=O)C[C@@H]1OCC[C@@H](C)N1C2=O. The van der Waals surface area contributed by atoms with Crippen LogP contribution in [0.1, 0.15) is 35.0 Å². The summed E-state index contributed by atoms with van der Waals surface area (Å²) in [6, 6.07) is 4.39. The van der Waals surface area contributed by atoms with E-state index in [1.54, 1.807) is 15.5 Å². The van der Waals surface area contributed by atoms with Crippen LogP contribution >= 0.6 is 22.6 Å². The molecule has 0 spiro atoms. The van der Waals surface area contributed by atoms with Gasteiger partial charge >= 0.3 is 0 Å². The average molecular weight is 540 g/mol. The fourth-order valence-corrected chi connectivity index (χ4v) is 4.57. The van der Waals surface area contributed by atoms with Crippen molar-refractivity contribution >= 4 is 34.3 Å². The van der Waals surface area contributed by atoms with Crippen molar-refractivity contribution in [3.8, 4) is 5.75 Å². The van der Waals surface area contributed by atoms with Gasteiger partial charge in [-0.05, 0) is 53.6 Å². The lowest BCUT2D eigenvalue weighted by atomic mass is 10.1. The molecule has 2 aromatic rings. The maximum absolute atomic E-state index is 13.3. The van der Waals surface area contributed by atoms with Crippen LogP contribution in [0.15, 0.2) is 34.2 Å². The third-order valence-electron chi connectivity index (χ3n) is 5.57. The summed E-state index contributed by atoms with van der Waals surface area (Å²) in [6.45, 7) is 3.07. The van der Waals surface area contributed by atoms with E-state index in [-0.39, 0.29) is 47.2 Å². The lowest BCUT2D eigenvalue weighted by molar-refractivity contribution is -0.112. The normalized spacial score (nSPS) is 21.0. The zero-order valence-corrected chi connectivity index (χ0v) is 19.3. The lowest BCUT2D eigenvalue weighted by Gasteiger charge is -2.44. The number of halogens is 2. The smallest absolute Gasteiger partial charge is 0.276 e. The molecule has 0 bridgehead atoms. The molecule has 1 amide bonds. The van der Waals surface area contributed by atoms with Crippen molar-refractivity contribution < 1.29 is 18.7 Å². The van der Waals surface area contributed by atoms with Crippen molar-refractivity contribution in [2.24, 2.45) is 10.7 Å². The molecule has 8 nitrogen and oxygen atoms in total. The number of benzene rings is 1. The van der Waals surface area contributed by atoms with E-state index in [2.05, 4.69) is 4.99 Å². The Kier molecular flexibility index (Phi) is 6.02. The van der Waals surface area contributed by atoms with Crippen molar-refractivity contribution in [2.75, 3.05) is 13.7 Å². The summed E-state index contributed by atoms with van der Waals surface area (Å²) in [5.74, 6) is -0.680. The molecule has 10 heteroatoms. The first-order valence-electron chi connectivity index (χ1n) is 9.81. The molecular weight excluding hydrogens is 518 g/mol. The third-order valence-corrected chi connectivity index (χ3v) is 6.58. The van der Waals surface area contributed by atoms with Crippen molar-refractivity contribution in [1.29, 1.82) is 0 Å². The maximum atomic E-state index is 13.3. The molecule has 2 aliphatic heterocycles. The van der Waals surface area contributed by atoms with E-state index in [4.69, 9.17) is 15.2 Å². The number of ether oxygens (including phenoxy) is 2. The standard InChI is InChI=1S/C21H22FIN4O4/c1-11-5-6-31-16-10-26-9-14(18(28)19(30-2)17(26)21(29)27(11)16)20(24)25-8-12-3-4-13(22)7-15(12)23/h3-4,7,9,11,16H,5-6,8,10H2,1-2H3,(H2,24,25)/t11-,16+/m1/s1. The molecule has 1 saturated heterocycles. The quantitative estimate of drug-likeness (QED) is 0.364. The highest BCUT2D eigenvalue weighted by atomic mass is 127. The highest BCUT2D eigenvalue weighted by Gasteiger charge is 2.41. The molecule has 1 aromatic carbocycles. The maximum Gasteiger partial charge on any atom is 0.276 e. The Bertz CT molecular complexity index is 1130. The second-order valence-electron chi connectivity index (χ2n) is 7.52. The number of rotatable bonds is 4. The number of hydrogen-bond acceptors (Lipinski definition) is 5. The summed E-state index contributed by atoms with van der Waals surface area (Å²) in [5, 5.41) is 0. The molecule has 0 saturated carbocycles. The van der Waals surface area contributed by atoms with Crippen LogP contribution in [0, 0.1) is 9.39 Å². The van der Waals surface area contributed by atoms with E-state index in [0.29, 0.717) is 16.7 Å². The highest BCUT2D eigenvalue weighted by molar-refractivity contribution is 14.1. The van der Waals surface area contributed by atoms with Crippen LogP contribution < -0.4 is 15.9 Å². The first-order valence-corrected chi connectivity index (χ1v) is 10.9. The largest absolute Gasteiger partial charge is 0.491 e. The van der Waals surface area contributed by atoms with E-state index >= 15 is 0 Å². The fourth-order valence-electron chi connectivity index (χ4n) is 3.92. The molecule has 0 unspecified atom stereocenters. The first-order chi connectivity index (χ1) is 14.8. The number of hydrogen-bond donors (Lipinski definition) is 1. The lowest BCUT2D eigenvalue weighted by Crippen LogP contribution is -2.57. The Balaban J connectivity index is 1.73. The fraction of sp³-hybridized carbons (Fsp3) is 0.381. The second kappa shape index (κ2) is 8.58. The molecule has 2 N–H and O–H groups in total. The summed E-state index contributed by atoms with van der Waals surface area (Å²) in [4.78, 5) is 32.2. The van der Waals surface area contributed by atoms with Crippen LogP contribution in [0.25, 0.3) is 0 Å². The predicted octanol–water partition coefficient (Wildman–Crippen LogP) is 2.10. The highest BCUT2D eigenvalue weighted by Crippen LogP contribution is 2.29. The molecule has 4 rings (SSSR count). The first kappa shape index (κ1) is 21.8. The topological polar surface area (TPSA) is 99.2 Å². The minimum absolute atomic E-state index is 0.00398. The number of methoxy groups -OCH3 is 1. The van der Waals surface area contributed by atoms with Crippen molar-refractivity contribution in [3.63, 3.8) is 0 Å². The number of carbonyl (C=O) groups is 1. The number of nitrogens with two attached hydrogens (primary N) is 1. The molecule has 164 valence electrons. The van der Waals surface area contributed by atoms with Crippen LogP contribution in [-0.4, -0.2) is 47.2 Å². The van der Waals surface area contributed by atoms with Gasteiger partial charge in [0.1, 0.15) is 11.7 Å². The molecule has 1 aromatic heterocycles. The number of nitrogens with zero attached hydrogens (tertiary/aromatic N) is 3. The summed E-state index contributed by atoms with van der Waals surface area (Å²) < 4.78 is 26.8. The minimum Gasteiger partial charge on any atom is -0.491 e. The summed E-state index contributed by atoms with van der Waals surface area (Å²) in [5.41, 5.74) is 6.76. The molecular formula is C21H22FIN4O4. The van der Waals surface area contributed by atoms with Gasteiger partial charge < -0.3 is 24.7 Å². The van der Waals surface area contributed by atoms with Gasteiger partial charge in [-0.2, -0.15) is 0 Å². The van der Waals surface area contributed by atoms with Gasteiger partial charge in [0, 0.05) is 15.8 Å². The number of amidine groups is 1. The minimum atomic E-state index is -0.499.